The first kappa shape index (κ1) is 33.1. The Morgan fingerprint density at radius 2 is 1.44 bits per heavy atom. The van der Waals surface area contributed by atoms with Crippen molar-refractivity contribution < 1.29 is 39.0 Å². The smallest absolute Gasteiger partial charge is 0.310 e. The van der Waals surface area contributed by atoms with Crippen LogP contribution in [0.3, 0.4) is 0 Å². The zero-order valence-electron chi connectivity index (χ0n) is 20.3. The average molecular weight is 526 g/mol. The number of ketones is 2. The average Bonchev–Trinajstić information content (AvgIpc) is 2.92. The van der Waals surface area contributed by atoms with Crippen molar-refractivity contribution in [3.63, 3.8) is 0 Å². The van der Waals surface area contributed by atoms with Gasteiger partial charge in [0.1, 0.15) is 31.2 Å². The number of Topliss-reactive ketones (excluding diaryl/α,β-unsaturated/α-hetero) is 2. The fraction of sp³-hybridized carbons (Fsp3) is 0.538. The lowest BCUT2D eigenvalue weighted by atomic mass is 9.89. The van der Waals surface area contributed by atoms with Crippen molar-refractivity contribution in [3.8, 4) is 0 Å². The second-order valence-corrected chi connectivity index (χ2v) is 8.82. The Labute approximate surface area is 217 Å². The lowest BCUT2D eigenvalue weighted by molar-refractivity contribution is -0.143. The number of aliphatic carboxylic acids is 2. The van der Waals surface area contributed by atoms with E-state index in [2.05, 4.69) is 35.6 Å². The highest BCUT2D eigenvalue weighted by Gasteiger charge is 2.31. The summed E-state index contributed by atoms with van der Waals surface area (Å²) in [7, 11) is 0. The molecule has 9 nitrogen and oxygen atoms in total. The molecule has 0 aliphatic carbocycles. The maximum atomic E-state index is 11.7. The number of benzene rings is 1. The van der Waals surface area contributed by atoms with Gasteiger partial charge in [-0.05, 0) is 43.6 Å². The summed E-state index contributed by atoms with van der Waals surface area (Å²) in [6, 6.07) is 11.6. The van der Waals surface area contributed by atoms with Crippen molar-refractivity contribution in [2.45, 2.75) is 82.7 Å². The molecule has 3 atom stereocenters. The molecule has 0 saturated carbocycles. The van der Waals surface area contributed by atoms with E-state index in [4.69, 9.17) is 10.2 Å². The normalized spacial score (nSPS) is 20.0. The van der Waals surface area contributed by atoms with E-state index in [0.717, 1.165) is 37.8 Å². The van der Waals surface area contributed by atoms with Crippen molar-refractivity contribution in [2.75, 3.05) is 0 Å². The highest BCUT2D eigenvalue weighted by atomic mass is 35.5. The number of piperidine rings is 1. The van der Waals surface area contributed by atoms with Gasteiger partial charge < -0.3 is 25.1 Å². The van der Waals surface area contributed by atoms with E-state index in [9.17, 15) is 28.8 Å². The molecule has 0 spiro atoms. The third kappa shape index (κ3) is 15.9. The van der Waals surface area contributed by atoms with E-state index < -0.39 is 30.6 Å². The molecule has 3 N–H and O–H groups in total. The quantitative estimate of drug-likeness (QED) is 0.237. The summed E-state index contributed by atoms with van der Waals surface area (Å²) >= 11 is 0. The Balaban J connectivity index is 0.000000582. The van der Waals surface area contributed by atoms with Crippen LogP contribution in [0.1, 0.15) is 69.8 Å². The van der Waals surface area contributed by atoms with Crippen molar-refractivity contribution in [2.24, 2.45) is 5.92 Å². The summed E-state index contributed by atoms with van der Waals surface area (Å²) < 4.78 is 0. The van der Waals surface area contributed by atoms with E-state index in [1.165, 1.54) is 24.8 Å². The highest BCUT2D eigenvalue weighted by Crippen LogP contribution is 2.29. The van der Waals surface area contributed by atoms with Gasteiger partial charge >= 0.3 is 11.9 Å². The van der Waals surface area contributed by atoms with Crippen LogP contribution in [0, 0.1) is 5.92 Å². The van der Waals surface area contributed by atoms with Crippen LogP contribution in [0.25, 0.3) is 0 Å². The van der Waals surface area contributed by atoms with Gasteiger partial charge in [-0.3, -0.25) is 19.2 Å². The fourth-order valence-electron chi connectivity index (χ4n) is 4.20. The molecule has 0 radical (unpaired) electrons. The lowest BCUT2D eigenvalue weighted by Crippen LogP contribution is -2.44. The van der Waals surface area contributed by atoms with E-state index in [1.54, 1.807) is 0 Å². The highest BCUT2D eigenvalue weighted by molar-refractivity contribution is 6.02. The van der Waals surface area contributed by atoms with Gasteiger partial charge in [-0.1, -0.05) is 30.3 Å². The molecule has 1 aromatic rings. The molecular formula is C26H36ClNO8. The summed E-state index contributed by atoms with van der Waals surface area (Å²) in [5.74, 6) is -2.19. The van der Waals surface area contributed by atoms with Crippen molar-refractivity contribution >= 4 is 48.5 Å². The largest absolute Gasteiger partial charge is 0.481 e. The Morgan fingerprint density at radius 3 is 1.97 bits per heavy atom. The van der Waals surface area contributed by atoms with Gasteiger partial charge in [0.2, 0.25) is 0 Å². The van der Waals surface area contributed by atoms with Gasteiger partial charge in [0.25, 0.3) is 0 Å². The fourth-order valence-corrected chi connectivity index (χ4v) is 4.20. The predicted molar refractivity (Wildman–Crippen MR) is 135 cm³/mol. The van der Waals surface area contributed by atoms with Crippen LogP contribution in [0.5, 0.6) is 0 Å². The molecule has 1 aromatic carbocycles. The topological polar surface area (TPSA) is 155 Å². The molecule has 2 saturated heterocycles. The first-order chi connectivity index (χ1) is 16.7. The van der Waals surface area contributed by atoms with Crippen molar-refractivity contribution in [1.29, 1.82) is 0 Å². The first-order valence-electron chi connectivity index (χ1n) is 11.9. The molecule has 2 fully saturated rings. The molecule has 0 aromatic heterocycles. The van der Waals surface area contributed by atoms with E-state index in [0.29, 0.717) is 37.1 Å². The third-order valence-corrected chi connectivity index (χ3v) is 5.67. The van der Waals surface area contributed by atoms with Crippen LogP contribution in [-0.4, -0.2) is 58.4 Å². The number of nitrogens with one attached hydrogen (secondary N) is 1. The molecular weight excluding hydrogens is 490 g/mol. The minimum absolute atomic E-state index is 0. The van der Waals surface area contributed by atoms with Crippen LogP contribution >= 0.6 is 12.4 Å². The van der Waals surface area contributed by atoms with Gasteiger partial charge in [0.05, 0.1) is 0 Å². The molecule has 3 rings (SSSR count). The van der Waals surface area contributed by atoms with Gasteiger partial charge in [-0.2, -0.15) is 0 Å². The predicted octanol–water partition coefficient (Wildman–Crippen LogP) is 3.20. The third-order valence-electron chi connectivity index (χ3n) is 5.67. The summed E-state index contributed by atoms with van der Waals surface area (Å²) in [4.78, 5) is 60.6. The maximum Gasteiger partial charge on any atom is 0.310 e. The molecule has 36 heavy (non-hydrogen) atoms. The van der Waals surface area contributed by atoms with E-state index >= 15 is 0 Å². The number of hydrogen-bond acceptors (Lipinski definition) is 7. The van der Waals surface area contributed by atoms with Crippen LogP contribution in [0.15, 0.2) is 30.3 Å². The van der Waals surface area contributed by atoms with Crippen molar-refractivity contribution in [1.82, 2.24) is 5.32 Å². The second kappa shape index (κ2) is 19.3. The lowest BCUT2D eigenvalue weighted by Gasteiger charge is -2.27. The summed E-state index contributed by atoms with van der Waals surface area (Å²) in [5, 5.41) is 19.6. The number of aldehydes is 2. The number of hydrogen-bond donors (Lipinski definition) is 3. The summed E-state index contributed by atoms with van der Waals surface area (Å²) in [5.41, 5.74) is 1.44. The van der Waals surface area contributed by atoms with Crippen LogP contribution in [0.2, 0.25) is 0 Å². The Bertz CT molecular complexity index is 820. The second-order valence-electron chi connectivity index (χ2n) is 8.82. The number of carbonyl (C=O) groups is 6. The minimum atomic E-state index is -1.30. The summed E-state index contributed by atoms with van der Waals surface area (Å²) in [6.07, 6.45) is 8.21. The number of unbranched alkanes of at least 4 members (excludes halogenated alkanes) is 2. The molecule has 2 aliphatic rings. The molecule has 10 heteroatoms. The molecule has 3 unspecified atom stereocenters. The monoisotopic (exact) mass is 525 g/mol. The number of halogens is 1. The number of carboxylic acids is 2. The minimum Gasteiger partial charge on any atom is -0.481 e. The maximum absolute atomic E-state index is 11.7. The zero-order valence-corrected chi connectivity index (χ0v) is 21.1. The molecule has 2 bridgehead atoms. The zero-order chi connectivity index (χ0) is 26.1. The van der Waals surface area contributed by atoms with Crippen LogP contribution < -0.4 is 5.32 Å². The number of carboxylic acid groups (broad SMARTS) is 2. The number of rotatable bonds is 10. The van der Waals surface area contributed by atoms with Gasteiger partial charge in [0, 0.05) is 37.8 Å². The van der Waals surface area contributed by atoms with Gasteiger partial charge in [-0.15, -0.1) is 12.4 Å². The summed E-state index contributed by atoms with van der Waals surface area (Å²) in [6.45, 7) is 0. The molecule has 200 valence electrons. The van der Waals surface area contributed by atoms with E-state index in [-0.39, 0.29) is 12.4 Å². The Kier molecular flexibility index (Phi) is 17.7. The van der Waals surface area contributed by atoms with Gasteiger partial charge in [0.15, 0.2) is 5.78 Å². The SMILES string of the molecule is Cl.O=C(O)CC(=O)CC(=O)O.O=C1CC2CCC(Cc3ccccc3)CC(C1)N2.O=CCCCC=O. The number of fused-ring (bicyclic) bond motifs is 2. The molecule has 0 amide bonds. The van der Waals surface area contributed by atoms with Crippen LogP contribution in [-0.2, 0) is 35.2 Å². The van der Waals surface area contributed by atoms with Gasteiger partial charge in [-0.25, -0.2) is 0 Å². The van der Waals surface area contributed by atoms with Crippen molar-refractivity contribution in [3.05, 3.63) is 35.9 Å². The molecule has 2 aliphatic heterocycles. The number of carbonyl (C=O) groups excluding carboxylic acids is 4. The first-order valence-corrected chi connectivity index (χ1v) is 11.9. The molecule has 2 heterocycles. The van der Waals surface area contributed by atoms with Crippen LogP contribution in [0.4, 0.5) is 0 Å². The standard InChI is InChI=1S/C16H21NO.C5H6O5.C5H8O2.ClH/c18-16-10-14-7-6-13(9-15(11-16)17-14)8-12-4-2-1-3-5-12;6-3(1-4(7)8)2-5(9)10;6-4-2-1-3-5-7;/h1-5,13-15,17H,6-11H2;1-2H2,(H,7,8)(H,9,10);4-5H,1-3H2;1H. The Morgan fingerprint density at radius 1 is 0.889 bits per heavy atom. The Hall–Kier alpha value is -2.91. The van der Waals surface area contributed by atoms with E-state index in [1.807, 2.05) is 0 Å².